The highest BCUT2D eigenvalue weighted by Gasteiger charge is 2.41. The van der Waals surface area contributed by atoms with Crippen LogP contribution in [0.1, 0.15) is 22.4 Å². The molecule has 2 nitrogen and oxygen atoms in total. The zero-order valence-corrected chi connectivity index (χ0v) is 12.9. The van der Waals surface area contributed by atoms with E-state index in [0.717, 1.165) is 17.3 Å². The molecular formula is C17H13ClF3NO. The summed E-state index contributed by atoms with van der Waals surface area (Å²) in [4.78, 5) is 4.25. The number of aromatic nitrogens is 1. The normalized spacial score (nSPS) is 16.8. The third-order valence-corrected chi connectivity index (χ3v) is 3.90. The van der Waals surface area contributed by atoms with Crippen LogP contribution in [0, 0.1) is 6.92 Å². The first-order valence-corrected chi connectivity index (χ1v) is 7.36. The standard InChI is InChI=1S/C17H13ClF3NO/c1-10-4-5-22-13(6-10)7-12-9-15-11(8-14(12)18)2-3-16(23-15)17(19,20)21/h2-6,8-9,16H,7H2,1H3. The number of fused-ring (bicyclic) bond motifs is 1. The van der Waals surface area contributed by atoms with E-state index in [1.165, 1.54) is 6.08 Å². The molecule has 6 heteroatoms. The van der Waals surface area contributed by atoms with Crippen LogP contribution in [-0.2, 0) is 6.42 Å². The first-order valence-electron chi connectivity index (χ1n) is 6.98. The quantitative estimate of drug-likeness (QED) is 0.770. The van der Waals surface area contributed by atoms with Gasteiger partial charge in [0.1, 0.15) is 5.75 Å². The monoisotopic (exact) mass is 339 g/mol. The van der Waals surface area contributed by atoms with Gasteiger partial charge in [0.05, 0.1) is 0 Å². The summed E-state index contributed by atoms with van der Waals surface area (Å²) in [6, 6.07) is 6.96. The highest BCUT2D eigenvalue weighted by molar-refractivity contribution is 6.31. The number of nitrogens with zero attached hydrogens (tertiary/aromatic N) is 1. The number of rotatable bonds is 2. The Hall–Kier alpha value is -2.01. The van der Waals surface area contributed by atoms with Crippen LogP contribution < -0.4 is 4.74 Å². The van der Waals surface area contributed by atoms with Gasteiger partial charge in [-0.25, -0.2) is 0 Å². The largest absolute Gasteiger partial charge is 0.476 e. The summed E-state index contributed by atoms with van der Waals surface area (Å²) in [6.07, 6.45) is -1.88. The summed E-state index contributed by atoms with van der Waals surface area (Å²) in [5, 5.41) is 0.478. The molecule has 0 radical (unpaired) electrons. The molecule has 1 aromatic heterocycles. The maximum atomic E-state index is 12.8. The third kappa shape index (κ3) is 3.50. The highest BCUT2D eigenvalue weighted by Crippen LogP contribution is 2.36. The number of halogens is 4. The van der Waals surface area contributed by atoms with Gasteiger partial charge in [-0.15, -0.1) is 0 Å². The molecule has 0 saturated carbocycles. The van der Waals surface area contributed by atoms with Crippen molar-refractivity contribution >= 4 is 17.7 Å². The van der Waals surface area contributed by atoms with E-state index in [1.807, 2.05) is 19.1 Å². The molecular weight excluding hydrogens is 327 g/mol. The Morgan fingerprint density at radius 3 is 2.74 bits per heavy atom. The molecule has 0 saturated heterocycles. The second-order valence-corrected chi connectivity index (χ2v) is 5.83. The van der Waals surface area contributed by atoms with Gasteiger partial charge in [-0.1, -0.05) is 17.7 Å². The molecule has 23 heavy (non-hydrogen) atoms. The summed E-state index contributed by atoms with van der Waals surface area (Å²) in [5.74, 6) is 0.182. The van der Waals surface area contributed by atoms with E-state index in [1.54, 1.807) is 18.3 Å². The SMILES string of the molecule is Cc1ccnc(Cc2cc3c(cc2Cl)C=CC(C(F)(F)F)O3)c1. The third-order valence-electron chi connectivity index (χ3n) is 3.55. The molecule has 0 bridgehead atoms. The summed E-state index contributed by atoms with van der Waals surface area (Å²) in [5.41, 5.74) is 3.07. The Morgan fingerprint density at radius 1 is 1.26 bits per heavy atom. The van der Waals surface area contributed by atoms with Gasteiger partial charge in [0.25, 0.3) is 0 Å². The molecule has 1 unspecified atom stereocenters. The van der Waals surface area contributed by atoms with Crippen LogP contribution in [0.4, 0.5) is 13.2 Å². The number of hydrogen-bond acceptors (Lipinski definition) is 2. The fourth-order valence-corrected chi connectivity index (χ4v) is 2.65. The second kappa shape index (κ2) is 5.89. The smallest absolute Gasteiger partial charge is 0.429 e. The number of pyridine rings is 1. The molecule has 2 aromatic rings. The van der Waals surface area contributed by atoms with E-state index in [2.05, 4.69) is 4.98 Å². The number of alkyl halides is 3. The predicted octanol–water partition coefficient (Wildman–Crippen LogP) is 4.97. The van der Waals surface area contributed by atoms with Crippen LogP contribution in [0.2, 0.25) is 5.02 Å². The van der Waals surface area contributed by atoms with Crippen molar-refractivity contribution in [3.05, 3.63) is 63.9 Å². The summed E-state index contributed by atoms with van der Waals surface area (Å²) in [7, 11) is 0. The minimum absolute atomic E-state index is 0.182. The molecule has 1 aliphatic heterocycles. The van der Waals surface area contributed by atoms with E-state index < -0.39 is 12.3 Å². The average molecular weight is 340 g/mol. The first kappa shape index (κ1) is 15.9. The van der Waals surface area contributed by atoms with Gasteiger partial charge in [-0.05, 0) is 48.4 Å². The molecule has 120 valence electrons. The van der Waals surface area contributed by atoms with Gasteiger partial charge in [0.15, 0.2) is 0 Å². The van der Waals surface area contributed by atoms with Gasteiger partial charge < -0.3 is 4.74 Å². The van der Waals surface area contributed by atoms with E-state index >= 15 is 0 Å². The fourth-order valence-electron chi connectivity index (χ4n) is 2.41. The average Bonchev–Trinajstić information content (AvgIpc) is 2.46. The van der Waals surface area contributed by atoms with Crippen LogP contribution in [0.5, 0.6) is 5.75 Å². The Balaban J connectivity index is 1.91. The van der Waals surface area contributed by atoms with Crippen molar-refractivity contribution in [1.82, 2.24) is 4.98 Å². The molecule has 0 aliphatic carbocycles. The Labute approximate surface area is 136 Å². The first-order chi connectivity index (χ1) is 10.8. The van der Waals surface area contributed by atoms with Crippen LogP contribution >= 0.6 is 11.6 Å². The topological polar surface area (TPSA) is 22.1 Å². The van der Waals surface area contributed by atoms with Crippen molar-refractivity contribution < 1.29 is 17.9 Å². The summed E-state index contributed by atoms with van der Waals surface area (Å²) in [6.45, 7) is 1.95. The zero-order valence-electron chi connectivity index (χ0n) is 12.2. The van der Waals surface area contributed by atoms with Gasteiger partial charge in [-0.2, -0.15) is 13.2 Å². The van der Waals surface area contributed by atoms with Gasteiger partial charge >= 0.3 is 6.18 Å². The van der Waals surface area contributed by atoms with Crippen molar-refractivity contribution in [2.75, 3.05) is 0 Å². The molecule has 1 aromatic carbocycles. The van der Waals surface area contributed by atoms with Crippen molar-refractivity contribution in [2.45, 2.75) is 25.6 Å². The molecule has 3 rings (SSSR count). The molecule has 0 amide bonds. The Kier molecular flexibility index (Phi) is 4.06. The minimum Gasteiger partial charge on any atom is -0.476 e. The predicted molar refractivity (Wildman–Crippen MR) is 82.7 cm³/mol. The molecule has 1 atom stereocenters. The number of ether oxygens (including phenoxy) is 1. The second-order valence-electron chi connectivity index (χ2n) is 5.42. The zero-order chi connectivity index (χ0) is 16.6. The van der Waals surface area contributed by atoms with Gasteiger partial charge in [-0.3, -0.25) is 4.98 Å². The van der Waals surface area contributed by atoms with E-state index in [0.29, 0.717) is 22.6 Å². The van der Waals surface area contributed by atoms with Gasteiger partial charge in [0, 0.05) is 28.9 Å². The number of hydrogen-bond donors (Lipinski definition) is 0. The molecule has 2 heterocycles. The lowest BCUT2D eigenvalue weighted by atomic mass is 10.0. The Bertz CT molecular complexity index is 771. The maximum Gasteiger partial charge on any atom is 0.429 e. The fraction of sp³-hybridized carbons (Fsp3) is 0.235. The van der Waals surface area contributed by atoms with E-state index in [9.17, 15) is 13.2 Å². The van der Waals surface area contributed by atoms with Crippen LogP contribution in [-0.4, -0.2) is 17.3 Å². The van der Waals surface area contributed by atoms with Crippen molar-refractivity contribution in [2.24, 2.45) is 0 Å². The van der Waals surface area contributed by atoms with Crippen molar-refractivity contribution in [3.8, 4) is 5.75 Å². The molecule has 1 aliphatic rings. The highest BCUT2D eigenvalue weighted by atomic mass is 35.5. The minimum atomic E-state index is -4.44. The number of aryl methyl sites for hydroxylation is 1. The van der Waals surface area contributed by atoms with Crippen molar-refractivity contribution in [3.63, 3.8) is 0 Å². The molecule has 0 spiro atoms. The van der Waals surface area contributed by atoms with Crippen molar-refractivity contribution in [1.29, 1.82) is 0 Å². The summed E-state index contributed by atoms with van der Waals surface area (Å²) < 4.78 is 43.4. The lowest BCUT2D eigenvalue weighted by molar-refractivity contribution is -0.180. The van der Waals surface area contributed by atoms with E-state index in [-0.39, 0.29) is 5.75 Å². The van der Waals surface area contributed by atoms with Gasteiger partial charge in [0.2, 0.25) is 6.10 Å². The maximum absolute atomic E-state index is 12.8. The summed E-state index contributed by atoms with van der Waals surface area (Å²) >= 11 is 6.24. The van der Waals surface area contributed by atoms with Crippen LogP contribution in [0.15, 0.2) is 36.5 Å². The lowest BCUT2D eigenvalue weighted by Gasteiger charge is -2.24. The molecule has 0 fully saturated rings. The Morgan fingerprint density at radius 2 is 2.04 bits per heavy atom. The number of benzene rings is 1. The van der Waals surface area contributed by atoms with Crippen LogP contribution in [0.3, 0.4) is 0 Å². The lowest BCUT2D eigenvalue weighted by Crippen LogP contribution is -2.33. The van der Waals surface area contributed by atoms with Crippen LogP contribution in [0.25, 0.3) is 6.08 Å². The molecule has 0 N–H and O–H groups in total. The van der Waals surface area contributed by atoms with E-state index in [4.69, 9.17) is 16.3 Å².